The molecule has 0 heterocycles. The number of allylic oxidation sites excluding steroid dienone is 18. The SMILES string of the molecule is CC/C=C\C/C=C\C/C=C\C/C=C\C/C=C\CCCC(=O)OCC(COP(=O)(O)OCC(O)COP(=O)(O)OCC(COC(=O)CCCCCCCC/C=C\C/C=C\C/C=C\C/C=C\CC)OC(=O)CCCCCCCCCCCCCCC)OC(=O)CCCCCCCCCCCCCCC. The molecule has 0 saturated heterocycles. The molecule has 0 amide bonds. The molecule has 0 aromatic rings. The summed E-state index contributed by atoms with van der Waals surface area (Å²) in [5.74, 6) is -2.24. The third-order valence-corrected chi connectivity index (χ3v) is 18.7. The molecule has 0 fully saturated rings. The first-order valence-corrected chi connectivity index (χ1v) is 43.1. The highest BCUT2D eigenvalue weighted by molar-refractivity contribution is 7.47. The highest BCUT2D eigenvalue weighted by Crippen LogP contribution is 2.45. The fourth-order valence-corrected chi connectivity index (χ4v) is 12.3. The predicted molar refractivity (Wildman–Crippen MR) is 418 cm³/mol. The largest absolute Gasteiger partial charge is 0.472 e. The Morgan fingerprint density at radius 3 is 0.824 bits per heavy atom. The lowest BCUT2D eigenvalue weighted by Gasteiger charge is -2.21. The van der Waals surface area contributed by atoms with Crippen molar-refractivity contribution in [1.29, 1.82) is 0 Å². The molecule has 3 N–H and O–H groups in total. The van der Waals surface area contributed by atoms with E-state index in [4.69, 9.17) is 37.0 Å². The molecule has 102 heavy (non-hydrogen) atoms. The van der Waals surface area contributed by atoms with Crippen LogP contribution in [0.3, 0.4) is 0 Å². The van der Waals surface area contributed by atoms with Gasteiger partial charge in [-0.3, -0.25) is 37.3 Å². The molecular formula is C83H144O17P2. The highest BCUT2D eigenvalue weighted by atomic mass is 31.2. The standard InChI is InChI=1S/C83H144O17P2/c1-5-9-13-17-21-25-29-33-35-37-38-40-42-46-48-52-56-60-64-68-81(86)94-74-79(100-83(88)70-66-62-58-54-50-44-32-28-24-20-16-12-8-4)76-98-102(91,92)96-72-77(84)71-95-101(89,90)97-75-78(99-82(87)69-65-61-57-53-49-43-31-27-23-19-15-11-7-3)73-93-80(85)67-63-59-55-51-47-45-41-39-36-34-30-26-22-18-14-10-6-2/h9-10,13-14,21-22,25-26,33-36,38,40-41,45,51,55,77-79,84H,5-8,11-12,15-20,23-24,27-32,37,39,42-44,46-50,52-54,56-76H2,1-4H3,(H,89,90)(H,91,92)/b13-9-,14-10-,25-21-,26-22-,35-33-,36-34-,40-38-,45-41-,55-51-. The quantitative estimate of drug-likeness (QED) is 0.0169. The molecule has 0 aliphatic heterocycles. The summed E-state index contributed by atoms with van der Waals surface area (Å²) in [5, 5.41) is 10.6. The number of phosphoric acid groups is 2. The van der Waals surface area contributed by atoms with Gasteiger partial charge in [0.2, 0.25) is 0 Å². The minimum Gasteiger partial charge on any atom is -0.462 e. The van der Waals surface area contributed by atoms with Gasteiger partial charge in [0.1, 0.15) is 19.3 Å². The van der Waals surface area contributed by atoms with Crippen molar-refractivity contribution in [3.63, 3.8) is 0 Å². The van der Waals surface area contributed by atoms with Gasteiger partial charge in [0.25, 0.3) is 0 Å². The normalized spacial score (nSPS) is 14.5. The number of hydrogen-bond donors (Lipinski definition) is 3. The van der Waals surface area contributed by atoms with E-state index >= 15 is 0 Å². The van der Waals surface area contributed by atoms with Crippen LogP contribution in [0.25, 0.3) is 0 Å². The van der Waals surface area contributed by atoms with Crippen LogP contribution in [0.5, 0.6) is 0 Å². The van der Waals surface area contributed by atoms with Crippen molar-refractivity contribution in [3.8, 4) is 0 Å². The maximum Gasteiger partial charge on any atom is 0.472 e. The van der Waals surface area contributed by atoms with Crippen molar-refractivity contribution in [2.24, 2.45) is 0 Å². The Labute approximate surface area is 619 Å². The zero-order valence-electron chi connectivity index (χ0n) is 64.3. The van der Waals surface area contributed by atoms with Crippen LogP contribution in [0.4, 0.5) is 0 Å². The summed E-state index contributed by atoms with van der Waals surface area (Å²) < 4.78 is 68.6. The lowest BCUT2D eigenvalue weighted by atomic mass is 10.0. The van der Waals surface area contributed by atoms with Gasteiger partial charge in [0, 0.05) is 25.7 Å². The van der Waals surface area contributed by atoms with Crippen LogP contribution in [0, 0.1) is 0 Å². The number of ether oxygens (including phenoxy) is 4. The van der Waals surface area contributed by atoms with Gasteiger partial charge in [0.05, 0.1) is 26.4 Å². The Kier molecular flexibility index (Phi) is 71.8. The Hall–Kier alpha value is -4.28. The molecule has 588 valence electrons. The minimum atomic E-state index is -4.99. The van der Waals surface area contributed by atoms with E-state index in [0.29, 0.717) is 32.1 Å². The third kappa shape index (κ3) is 74.0. The maximum atomic E-state index is 13.1. The van der Waals surface area contributed by atoms with Crippen LogP contribution in [0.15, 0.2) is 109 Å². The molecule has 0 aromatic carbocycles. The van der Waals surface area contributed by atoms with E-state index in [0.717, 1.165) is 148 Å². The number of rotatable bonds is 75. The summed E-state index contributed by atoms with van der Waals surface area (Å²) in [4.78, 5) is 73.0. The number of unbranched alkanes of at least 4 members (excludes halogenated alkanes) is 31. The number of phosphoric ester groups is 2. The van der Waals surface area contributed by atoms with E-state index < -0.39 is 97.5 Å². The molecule has 0 rings (SSSR count). The van der Waals surface area contributed by atoms with E-state index in [9.17, 15) is 43.2 Å². The first-order valence-electron chi connectivity index (χ1n) is 40.1. The highest BCUT2D eigenvalue weighted by Gasteiger charge is 2.30. The molecule has 0 saturated carbocycles. The van der Waals surface area contributed by atoms with Gasteiger partial charge in [-0.15, -0.1) is 0 Å². The summed E-state index contributed by atoms with van der Waals surface area (Å²) in [6.45, 7) is 4.61. The maximum absolute atomic E-state index is 13.1. The van der Waals surface area contributed by atoms with E-state index in [1.165, 1.54) is 103 Å². The number of aliphatic hydroxyl groups is 1. The lowest BCUT2D eigenvalue weighted by molar-refractivity contribution is -0.161. The van der Waals surface area contributed by atoms with Gasteiger partial charge in [-0.1, -0.05) is 317 Å². The molecule has 0 spiro atoms. The van der Waals surface area contributed by atoms with Crippen LogP contribution < -0.4 is 0 Å². The summed E-state index contributed by atoms with van der Waals surface area (Å²) in [5.41, 5.74) is 0. The number of carbonyl (C=O) groups is 4. The zero-order valence-corrected chi connectivity index (χ0v) is 66.0. The molecule has 0 radical (unpaired) electrons. The van der Waals surface area contributed by atoms with Gasteiger partial charge in [0.15, 0.2) is 12.2 Å². The minimum absolute atomic E-state index is 0.0846. The first-order chi connectivity index (χ1) is 49.7. The lowest BCUT2D eigenvalue weighted by Crippen LogP contribution is -2.30. The molecule has 17 nitrogen and oxygen atoms in total. The van der Waals surface area contributed by atoms with Crippen molar-refractivity contribution >= 4 is 39.5 Å². The Bertz CT molecular complexity index is 2360. The molecule has 5 unspecified atom stereocenters. The first kappa shape index (κ1) is 97.7. The second-order valence-corrected chi connectivity index (χ2v) is 29.5. The van der Waals surface area contributed by atoms with Crippen LogP contribution in [-0.2, 0) is 65.4 Å². The summed E-state index contributed by atoms with van der Waals surface area (Å²) in [7, 11) is -9.97. The summed E-state index contributed by atoms with van der Waals surface area (Å²) >= 11 is 0. The fourth-order valence-electron chi connectivity index (χ4n) is 10.7. The second kappa shape index (κ2) is 75.0. The Balaban J connectivity index is 5.37. The molecule has 0 aliphatic rings. The van der Waals surface area contributed by atoms with Gasteiger partial charge >= 0.3 is 39.5 Å². The molecular weight excluding hydrogens is 1330 g/mol. The van der Waals surface area contributed by atoms with Crippen LogP contribution in [0.2, 0.25) is 0 Å². The van der Waals surface area contributed by atoms with Gasteiger partial charge in [-0.25, -0.2) is 9.13 Å². The monoisotopic (exact) mass is 1470 g/mol. The smallest absolute Gasteiger partial charge is 0.462 e. The van der Waals surface area contributed by atoms with Crippen LogP contribution in [0.1, 0.15) is 336 Å². The van der Waals surface area contributed by atoms with Crippen molar-refractivity contribution in [2.45, 2.75) is 354 Å². The topological polar surface area (TPSA) is 237 Å². The summed E-state index contributed by atoms with van der Waals surface area (Å²) in [6, 6.07) is 0. The Morgan fingerprint density at radius 1 is 0.284 bits per heavy atom. The molecule has 5 atom stereocenters. The van der Waals surface area contributed by atoms with E-state index in [1.54, 1.807) is 0 Å². The van der Waals surface area contributed by atoms with Crippen molar-refractivity contribution in [1.82, 2.24) is 0 Å². The average Bonchev–Trinajstić information content (AvgIpc) is 0.907. The molecule has 19 heteroatoms. The van der Waals surface area contributed by atoms with Crippen molar-refractivity contribution in [3.05, 3.63) is 109 Å². The van der Waals surface area contributed by atoms with E-state index in [1.807, 2.05) is 12.2 Å². The zero-order chi connectivity index (χ0) is 74.6. The van der Waals surface area contributed by atoms with Crippen LogP contribution in [-0.4, -0.2) is 96.7 Å². The predicted octanol–water partition coefficient (Wildman–Crippen LogP) is 23.3. The number of aliphatic hydroxyl groups excluding tert-OH is 1. The van der Waals surface area contributed by atoms with Gasteiger partial charge in [-0.2, -0.15) is 0 Å². The van der Waals surface area contributed by atoms with E-state index in [2.05, 4.69) is 125 Å². The molecule has 0 aromatic heterocycles. The van der Waals surface area contributed by atoms with Crippen molar-refractivity contribution < 1.29 is 80.2 Å². The number of hydrogen-bond acceptors (Lipinski definition) is 15. The average molecular weight is 1480 g/mol. The Morgan fingerprint density at radius 2 is 0.520 bits per heavy atom. The fraction of sp³-hybridized carbons (Fsp3) is 0.735. The van der Waals surface area contributed by atoms with Gasteiger partial charge in [-0.05, 0) is 103 Å². The third-order valence-electron chi connectivity index (χ3n) is 16.8. The summed E-state index contributed by atoms with van der Waals surface area (Å²) in [6.07, 6.45) is 80.7. The van der Waals surface area contributed by atoms with Gasteiger partial charge < -0.3 is 33.8 Å². The molecule has 0 bridgehead atoms. The van der Waals surface area contributed by atoms with Crippen molar-refractivity contribution in [2.75, 3.05) is 39.6 Å². The number of carbonyl (C=O) groups excluding carboxylic acids is 4. The van der Waals surface area contributed by atoms with E-state index in [-0.39, 0.29) is 25.7 Å². The second-order valence-electron chi connectivity index (χ2n) is 26.6. The molecule has 0 aliphatic carbocycles. The number of esters is 4. The van der Waals surface area contributed by atoms with Crippen LogP contribution >= 0.6 is 15.6 Å².